The van der Waals surface area contributed by atoms with Crippen LogP contribution < -0.4 is 21.0 Å². The lowest BCUT2D eigenvalue weighted by molar-refractivity contribution is -0.124. The number of aromatic nitrogens is 2. The number of pyridine rings is 2. The first-order valence-electron chi connectivity index (χ1n) is 13.1. The van der Waals surface area contributed by atoms with Crippen LogP contribution in [0.1, 0.15) is 5.56 Å². The van der Waals surface area contributed by atoms with E-state index in [4.69, 9.17) is 5.21 Å². The summed E-state index contributed by atoms with van der Waals surface area (Å²) in [4.78, 5) is 45.0. The number of anilines is 3. The molecular formula is C32H30N6O4. The molecule has 0 radical (unpaired) electrons. The summed E-state index contributed by atoms with van der Waals surface area (Å²) in [6.07, 6.45) is 6.91. The number of aldehydes is 1. The van der Waals surface area contributed by atoms with Crippen molar-refractivity contribution in [3.63, 3.8) is 0 Å². The Hall–Kier alpha value is -5.61. The van der Waals surface area contributed by atoms with Crippen LogP contribution in [0.25, 0.3) is 27.9 Å². The van der Waals surface area contributed by atoms with Crippen LogP contribution in [0, 0.1) is 0 Å². The van der Waals surface area contributed by atoms with Crippen LogP contribution >= 0.6 is 0 Å². The molecule has 0 aliphatic heterocycles. The zero-order chi connectivity index (χ0) is 29.7. The van der Waals surface area contributed by atoms with E-state index in [0.29, 0.717) is 16.9 Å². The van der Waals surface area contributed by atoms with Crippen molar-refractivity contribution >= 4 is 63.0 Å². The second-order valence-corrected chi connectivity index (χ2v) is 9.01. The van der Waals surface area contributed by atoms with Crippen LogP contribution in [0.2, 0.25) is 0 Å². The van der Waals surface area contributed by atoms with Gasteiger partial charge in [0.25, 0.3) is 5.91 Å². The first-order chi connectivity index (χ1) is 20.5. The van der Waals surface area contributed by atoms with Crippen LogP contribution in [0.15, 0.2) is 103 Å². The third kappa shape index (κ3) is 7.74. The molecule has 0 aliphatic carbocycles. The van der Waals surface area contributed by atoms with Gasteiger partial charge >= 0.3 is 0 Å². The molecule has 0 spiro atoms. The summed E-state index contributed by atoms with van der Waals surface area (Å²) in [7, 11) is 1.91. The second-order valence-electron chi connectivity index (χ2n) is 9.01. The molecule has 5 rings (SSSR count). The van der Waals surface area contributed by atoms with E-state index in [-0.39, 0.29) is 19.0 Å². The predicted molar refractivity (Wildman–Crippen MR) is 165 cm³/mol. The molecule has 2 aromatic heterocycles. The largest absolute Gasteiger partial charge is 0.386 e. The molecule has 10 nitrogen and oxygen atoms in total. The van der Waals surface area contributed by atoms with E-state index >= 15 is 0 Å². The van der Waals surface area contributed by atoms with Gasteiger partial charge in [0.2, 0.25) is 5.91 Å². The first kappa shape index (κ1) is 29.4. The van der Waals surface area contributed by atoms with Crippen molar-refractivity contribution in [2.45, 2.75) is 0 Å². The van der Waals surface area contributed by atoms with Gasteiger partial charge in [-0.05, 0) is 48.0 Å². The van der Waals surface area contributed by atoms with Gasteiger partial charge in [-0.1, -0.05) is 48.5 Å². The molecule has 0 saturated carbocycles. The number of benzene rings is 3. The molecule has 5 aromatic rings. The molecule has 0 atom stereocenters. The molecule has 4 N–H and O–H groups in total. The summed E-state index contributed by atoms with van der Waals surface area (Å²) < 4.78 is 0. The highest BCUT2D eigenvalue weighted by Crippen LogP contribution is 2.22. The topological polar surface area (TPSA) is 137 Å². The zero-order valence-corrected chi connectivity index (χ0v) is 22.9. The smallest absolute Gasteiger partial charge is 0.267 e. The molecule has 0 unspecified atom stereocenters. The lowest BCUT2D eigenvalue weighted by Crippen LogP contribution is -2.34. The summed E-state index contributed by atoms with van der Waals surface area (Å²) in [5.74, 6) is -0.917. The van der Waals surface area contributed by atoms with Gasteiger partial charge < -0.3 is 20.3 Å². The van der Waals surface area contributed by atoms with Gasteiger partial charge in [-0.15, -0.1) is 0 Å². The number of hydrogen-bond acceptors (Lipinski definition) is 8. The van der Waals surface area contributed by atoms with Gasteiger partial charge in [0, 0.05) is 42.0 Å². The number of hydroxylamine groups is 1. The number of carbonyl (C=O) groups excluding carboxylic acids is 3. The van der Waals surface area contributed by atoms with Crippen LogP contribution in [0.3, 0.4) is 0 Å². The quantitative estimate of drug-likeness (QED) is 0.0880. The Labute approximate surface area is 242 Å². The van der Waals surface area contributed by atoms with Gasteiger partial charge in [-0.3, -0.25) is 24.8 Å². The summed E-state index contributed by atoms with van der Waals surface area (Å²) in [6, 6.07) is 26.3. The van der Waals surface area contributed by atoms with Gasteiger partial charge in [-0.25, -0.2) is 5.48 Å². The Bertz CT molecular complexity index is 1690. The highest BCUT2D eigenvalue weighted by molar-refractivity contribution is 6.02. The van der Waals surface area contributed by atoms with Gasteiger partial charge in [0.05, 0.1) is 35.5 Å². The number of nitrogens with one attached hydrogen (secondary N) is 3. The number of para-hydroxylation sites is 2. The predicted octanol–water partition coefficient (Wildman–Crippen LogP) is 4.67. The Morgan fingerprint density at radius 3 is 2.02 bits per heavy atom. The lowest BCUT2D eigenvalue weighted by Gasteiger charge is -2.22. The maximum Gasteiger partial charge on any atom is 0.267 e. The van der Waals surface area contributed by atoms with Gasteiger partial charge in [0.1, 0.15) is 6.29 Å². The fraction of sp³-hybridized carbons (Fsp3) is 0.0938. The van der Waals surface area contributed by atoms with Crippen LogP contribution in [0.4, 0.5) is 17.1 Å². The average molecular weight is 563 g/mol. The number of nitrogens with zero attached hydrogens (tertiary/aromatic N) is 3. The Kier molecular flexibility index (Phi) is 10.3. The summed E-state index contributed by atoms with van der Waals surface area (Å²) in [5.41, 5.74) is 6.32. The molecule has 2 heterocycles. The number of carbonyl (C=O) groups is 3. The SMILES string of the molecule is CNc1cccc2cccnc12.O=CCN(CC(=O)Nc1cccc2cccnc12)c1ccc(/C=C/C(=O)NO)cc1. The van der Waals surface area contributed by atoms with E-state index in [1.165, 1.54) is 23.0 Å². The van der Waals surface area contributed by atoms with Crippen molar-refractivity contribution < 1.29 is 19.6 Å². The van der Waals surface area contributed by atoms with Gasteiger partial charge in [0.15, 0.2) is 0 Å². The molecular weight excluding hydrogens is 532 g/mol. The number of hydrogen-bond donors (Lipinski definition) is 4. The minimum Gasteiger partial charge on any atom is -0.386 e. The first-order valence-corrected chi connectivity index (χ1v) is 13.1. The lowest BCUT2D eigenvalue weighted by atomic mass is 10.1. The van der Waals surface area contributed by atoms with Gasteiger partial charge in [-0.2, -0.15) is 0 Å². The third-order valence-corrected chi connectivity index (χ3v) is 6.23. The maximum atomic E-state index is 12.6. The van der Waals surface area contributed by atoms with E-state index < -0.39 is 5.91 Å². The number of amides is 2. The van der Waals surface area contributed by atoms with E-state index in [0.717, 1.165) is 28.4 Å². The number of fused-ring (bicyclic) bond motifs is 2. The summed E-state index contributed by atoms with van der Waals surface area (Å²) >= 11 is 0. The van der Waals surface area contributed by atoms with Crippen molar-refractivity contribution in [3.8, 4) is 0 Å². The summed E-state index contributed by atoms with van der Waals surface area (Å²) in [6.45, 7) is 0.0212. The third-order valence-electron chi connectivity index (χ3n) is 6.23. The average Bonchev–Trinajstić information content (AvgIpc) is 3.04. The molecule has 0 bridgehead atoms. The fourth-order valence-corrected chi connectivity index (χ4v) is 4.23. The van der Waals surface area contributed by atoms with Crippen molar-refractivity contribution in [2.24, 2.45) is 0 Å². The standard InChI is InChI=1S/C22H20N4O4.C10H10N2/c27-14-13-26(18-9-6-16(7-10-18)8-11-20(28)25-30)15-21(29)24-19-5-1-3-17-4-2-12-23-22(17)19;1-11-9-6-2-4-8-5-3-7-12-10(8)9/h1-12,14,30H,13,15H2,(H,24,29)(H,25,28);2-7,11H,1H3/b11-8+;. The van der Waals surface area contributed by atoms with Crippen molar-refractivity contribution in [3.05, 3.63) is 109 Å². The van der Waals surface area contributed by atoms with Crippen molar-refractivity contribution in [1.29, 1.82) is 0 Å². The Morgan fingerprint density at radius 1 is 0.833 bits per heavy atom. The highest BCUT2D eigenvalue weighted by atomic mass is 16.5. The minimum atomic E-state index is -0.638. The van der Waals surface area contributed by atoms with Crippen molar-refractivity contribution in [2.75, 3.05) is 35.7 Å². The molecule has 10 heteroatoms. The molecule has 212 valence electrons. The maximum absolute atomic E-state index is 12.6. The van der Waals surface area contributed by atoms with E-state index in [1.54, 1.807) is 41.4 Å². The fourth-order valence-electron chi connectivity index (χ4n) is 4.23. The van der Waals surface area contributed by atoms with Crippen LogP contribution in [0.5, 0.6) is 0 Å². The van der Waals surface area contributed by atoms with E-state index in [2.05, 4.69) is 32.7 Å². The van der Waals surface area contributed by atoms with Crippen molar-refractivity contribution in [1.82, 2.24) is 15.4 Å². The zero-order valence-electron chi connectivity index (χ0n) is 22.9. The second kappa shape index (κ2) is 14.7. The molecule has 0 aliphatic rings. The van der Waals surface area contributed by atoms with Crippen LogP contribution in [-0.2, 0) is 14.4 Å². The molecule has 42 heavy (non-hydrogen) atoms. The van der Waals surface area contributed by atoms with E-state index in [9.17, 15) is 14.4 Å². The molecule has 2 amide bonds. The summed E-state index contributed by atoms with van der Waals surface area (Å²) in [5, 5.41) is 16.6. The Balaban J connectivity index is 0.000000279. The van der Waals surface area contributed by atoms with E-state index in [1.807, 2.05) is 55.7 Å². The molecule has 0 saturated heterocycles. The highest BCUT2D eigenvalue weighted by Gasteiger charge is 2.13. The number of rotatable bonds is 9. The minimum absolute atomic E-state index is 0.0237. The Morgan fingerprint density at radius 2 is 1.43 bits per heavy atom. The van der Waals surface area contributed by atoms with Crippen LogP contribution in [-0.4, -0.2) is 53.4 Å². The normalized spacial score (nSPS) is 10.5. The monoisotopic (exact) mass is 562 g/mol. The molecule has 0 fully saturated rings. The molecule has 3 aromatic carbocycles.